The zero-order valence-corrected chi connectivity index (χ0v) is 16.6. The van der Waals surface area contributed by atoms with Crippen LogP contribution in [0.15, 0.2) is 58.3 Å². The summed E-state index contributed by atoms with van der Waals surface area (Å²) < 4.78 is 5.69. The van der Waals surface area contributed by atoms with Crippen LogP contribution in [-0.4, -0.2) is 15.9 Å². The largest absolute Gasteiger partial charge is 0.440 e. The zero-order valence-electron chi connectivity index (χ0n) is 15.8. The fraction of sp³-hybridized carbons (Fsp3) is 0.227. The van der Waals surface area contributed by atoms with Crippen molar-refractivity contribution in [3.8, 4) is 0 Å². The van der Waals surface area contributed by atoms with Gasteiger partial charge in [0.05, 0.1) is 17.2 Å². The first-order valence-electron chi connectivity index (χ1n) is 9.24. The van der Waals surface area contributed by atoms with Crippen LogP contribution in [0.1, 0.15) is 52.3 Å². The number of nitrogens with zero attached hydrogens (tertiary/aromatic N) is 2. The quantitative estimate of drug-likeness (QED) is 0.506. The Bertz CT molecular complexity index is 1100. The average Bonchev–Trinajstić information content (AvgIpc) is 3.33. The summed E-state index contributed by atoms with van der Waals surface area (Å²) in [5.74, 6) is 0.744. The molecule has 1 N–H and O–H groups in total. The fourth-order valence-corrected chi connectivity index (χ4v) is 3.72. The van der Waals surface area contributed by atoms with Crippen molar-refractivity contribution in [2.75, 3.05) is 0 Å². The van der Waals surface area contributed by atoms with Crippen molar-refractivity contribution in [2.45, 2.75) is 32.7 Å². The molecule has 2 aromatic heterocycles. The van der Waals surface area contributed by atoms with Crippen LogP contribution in [0, 0.1) is 0 Å². The molecule has 142 valence electrons. The van der Waals surface area contributed by atoms with Gasteiger partial charge in [-0.15, -0.1) is 11.3 Å². The van der Waals surface area contributed by atoms with Crippen LogP contribution in [-0.2, 0) is 13.0 Å². The number of aromatic nitrogens is 2. The summed E-state index contributed by atoms with van der Waals surface area (Å²) >= 11 is 1.61. The number of hydrogen-bond acceptors (Lipinski definition) is 5. The van der Waals surface area contributed by atoms with Gasteiger partial charge in [-0.3, -0.25) is 4.79 Å². The Morgan fingerprint density at radius 3 is 2.75 bits per heavy atom. The number of thiazole rings is 1. The minimum absolute atomic E-state index is 0.145. The number of benzene rings is 2. The Hall–Kier alpha value is -2.99. The van der Waals surface area contributed by atoms with Gasteiger partial charge in [-0.2, -0.15) is 0 Å². The highest BCUT2D eigenvalue weighted by Gasteiger charge is 2.13. The molecule has 4 aromatic rings. The maximum Gasteiger partial charge on any atom is 0.251 e. The average molecular weight is 391 g/mol. The van der Waals surface area contributed by atoms with E-state index in [1.165, 1.54) is 5.56 Å². The highest BCUT2D eigenvalue weighted by atomic mass is 32.1. The number of oxazole rings is 1. The number of amides is 1. The maximum absolute atomic E-state index is 12.5. The summed E-state index contributed by atoms with van der Waals surface area (Å²) in [6.07, 6.45) is 0.806. The molecule has 0 spiro atoms. The van der Waals surface area contributed by atoms with Gasteiger partial charge in [0.15, 0.2) is 11.5 Å². The summed E-state index contributed by atoms with van der Waals surface area (Å²) in [5.41, 5.74) is 4.07. The van der Waals surface area contributed by atoms with Crippen molar-refractivity contribution in [1.29, 1.82) is 0 Å². The van der Waals surface area contributed by atoms with E-state index in [9.17, 15) is 4.79 Å². The monoisotopic (exact) mass is 391 g/mol. The van der Waals surface area contributed by atoms with Gasteiger partial charge in [0.25, 0.3) is 5.91 Å². The molecule has 1 amide bonds. The Labute approximate surface area is 167 Å². The molecule has 4 rings (SSSR count). The fourth-order valence-electron chi connectivity index (χ4n) is 2.89. The van der Waals surface area contributed by atoms with Crippen molar-refractivity contribution < 1.29 is 9.21 Å². The van der Waals surface area contributed by atoms with Crippen molar-refractivity contribution in [2.24, 2.45) is 0 Å². The van der Waals surface area contributed by atoms with Gasteiger partial charge in [0.2, 0.25) is 0 Å². The van der Waals surface area contributed by atoms with Crippen LogP contribution in [0.4, 0.5) is 0 Å². The second-order valence-corrected chi connectivity index (χ2v) is 7.91. The normalized spacial score (nSPS) is 11.2. The molecule has 5 nitrogen and oxygen atoms in total. The molecule has 0 saturated heterocycles. The minimum Gasteiger partial charge on any atom is -0.440 e. The van der Waals surface area contributed by atoms with Gasteiger partial charge >= 0.3 is 0 Å². The molecule has 0 radical (unpaired) electrons. The second kappa shape index (κ2) is 7.94. The summed E-state index contributed by atoms with van der Waals surface area (Å²) in [4.78, 5) is 21.6. The predicted molar refractivity (Wildman–Crippen MR) is 111 cm³/mol. The highest BCUT2D eigenvalue weighted by molar-refractivity contribution is 7.09. The molecule has 0 aliphatic rings. The molecule has 0 saturated carbocycles. The van der Waals surface area contributed by atoms with Crippen LogP contribution < -0.4 is 5.32 Å². The lowest BCUT2D eigenvalue weighted by molar-refractivity contribution is 0.0950. The SMILES string of the molecule is CC(C)c1nc2cc(C(=O)NCc3csc(Cc4ccccc4)n3)ccc2o1. The Morgan fingerprint density at radius 2 is 1.96 bits per heavy atom. The summed E-state index contributed by atoms with van der Waals surface area (Å²) in [6.45, 7) is 4.45. The van der Waals surface area contributed by atoms with E-state index in [-0.39, 0.29) is 11.8 Å². The molecule has 6 heteroatoms. The van der Waals surface area contributed by atoms with Gasteiger partial charge in [-0.1, -0.05) is 44.2 Å². The third-order valence-corrected chi connectivity index (χ3v) is 5.29. The standard InChI is InChI=1S/C22H21N3O2S/c1-14(2)22-25-18-11-16(8-9-19(18)27-22)21(26)23-12-17-13-28-20(24-17)10-15-6-4-3-5-7-15/h3-9,11,13-14H,10,12H2,1-2H3,(H,23,26). The molecule has 0 aliphatic carbocycles. The van der Waals surface area contributed by atoms with Crippen molar-refractivity contribution in [1.82, 2.24) is 15.3 Å². The minimum atomic E-state index is -0.145. The maximum atomic E-state index is 12.5. The molecule has 0 atom stereocenters. The van der Waals surface area contributed by atoms with Crippen molar-refractivity contribution in [3.63, 3.8) is 0 Å². The van der Waals surface area contributed by atoms with E-state index in [0.717, 1.165) is 17.1 Å². The first-order chi connectivity index (χ1) is 13.6. The topological polar surface area (TPSA) is 68.0 Å². The summed E-state index contributed by atoms with van der Waals surface area (Å²) in [5, 5.41) is 5.97. The summed E-state index contributed by atoms with van der Waals surface area (Å²) in [6, 6.07) is 15.6. The third kappa shape index (κ3) is 4.12. The second-order valence-electron chi connectivity index (χ2n) is 6.97. The van der Waals surface area contributed by atoms with E-state index in [1.54, 1.807) is 29.5 Å². The van der Waals surface area contributed by atoms with Crippen molar-refractivity contribution in [3.05, 3.63) is 81.6 Å². The van der Waals surface area contributed by atoms with Crippen LogP contribution >= 0.6 is 11.3 Å². The summed E-state index contributed by atoms with van der Waals surface area (Å²) in [7, 11) is 0. The lowest BCUT2D eigenvalue weighted by Crippen LogP contribution is -2.22. The molecule has 0 bridgehead atoms. The van der Waals surface area contributed by atoms with Crippen molar-refractivity contribution >= 4 is 28.3 Å². The van der Waals surface area contributed by atoms with Gasteiger partial charge in [-0.25, -0.2) is 9.97 Å². The van der Waals surface area contributed by atoms with E-state index >= 15 is 0 Å². The van der Waals surface area contributed by atoms with E-state index < -0.39 is 0 Å². The van der Waals surface area contributed by atoms with Gasteiger partial charge in [-0.05, 0) is 23.8 Å². The van der Waals surface area contributed by atoms with E-state index in [1.807, 2.05) is 37.4 Å². The molecule has 2 heterocycles. The smallest absolute Gasteiger partial charge is 0.251 e. The number of carbonyl (C=O) groups is 1. The van der Waals surface area contributed by atoms with Crippen LogP contribution in [0.5, 0.6) is 0 Å². The molecular formula is C22H21N3O2S. The number of rotatable bonds is 6. The van der Waals surface area contributed by atoms with Crippen LogP contribution in [0.25, 0.3) is 11.1 Å². The molecule has 2 aromatic carbocycles. The number of carbonyl (C=O) groups excluding carboxylic acids is 1. The number of fused-ring (bicyclic) bond motifs is 1. The predicted octanol–water partition coefficient (Wildman–Crippen LogP) is 4.93. The number of hydrogen-bond donors (Lipinski definition) is 1. The Balaban J connectivity index is 1.39. The Kier molecular flexibility index (Phi) is 5.21. The first kappa shape index (κ1) is 18.4. The van der Waals surface area contributed by atoms with Gasteiger partial charge in [0.1, 0.15) is 5.52 Å². The molecule has 0 fully saturated rings. The highest BCUT2D eigenvalue weighted by Crippen LogP contribution is 2.22. The lowest BCUT2D eigenvalue weighted by Gasteiger charge is -2.03. The molecule has 0 aliphatic heterocycles. The van der Waals surface area contributed by atoms with E-state index in [4.69, 9.17) is 4.42 Å². The van der Waals surface area contributed by atoms with Crippen LogP contribution in [0.2, 0.25) is 0 Å². The van der Waals surface area contributed by atoms with Crippen LogP contribution in [0.3, 0.4) is 0 Å². The van der Waals surface area contributed by atoms with Gasteiger partial charge in [0, 0.05) is 23.3 Å². The molecule has 0 unspecified atom stereocenters. The zero-order chi connectivity index (χ0) is 19.5. The first-order valence-corrected chi connectivity index (χ1v) is 10.1. The molecular weight excluding hydrogens is 370 g/mol. The number of nitrogens with one attached hydrogen (secondary N) is 1. The molecule has 28 heavy (non-hydrogen) atoms. The van der Waals surface area contributed by atoms with Gasteiger partial charge < -0.3 is 9.73 Å². The van der Waals surface area contributed by atoms with E-state index in [2.05, 4.69) is 27.4 Å². The Morgan fingerprint density at radius 1 is 1.14 bits per heavy atom. The third-order valence-electron chi connectivity index (χ3n) is 4.39. The lowest BCUT2D eigenvalue weighted by atomic mass is 10.2. The van der Waals surface area contributed by atoms with E-state index in [0.29, 0.717) is 29.1 Å².